The molecule has 84 valence electrons. The van der Waals surface area contributed by atoms with Crippen LogP contribution in [0.2, 0.25) is 0 Å². The average molecular weight is 220 g/mol. The van der Waals surface area contributed by atoms with Crippen molar-refractivity contribution < 1.29 is 4.39 Å². The highest BCUT2D eigenvalue weighted by Crippen LogP contribution is 2.09. The number of rotatable bonds is 5. The Morgan fingerprint density at radius 1 is 1.25 bits per heavy atom. The summed E-state index contributed by atoms with van der Waals surface area (Å²) in [6.07, 6.45) is 0.527. The number of tetrazole rings is 1. The van der Waals surface area contributed by atoms with Gasteiger partial charge in [-0.2, -0.15) is 5.21 Å². The van der Waals surface area contributed by atoms with E-state index >= 15 is 0 Å². The van der Waals surface area contributed by atoms with E-state index in [9.17, 15) is 4.39 Å². The van der Waals surface area contributed by atoms with E-state index in [0.29, 0.717) is 12.2 Å². The average Bonchev–Trinajstić information content (AvgIpc) is 2.81. The van der Waals surface area contributed by atoms with Crippen LogP contribution in [-0.4, -0.2) is 26.8 Å². The van der Waals surface area contributed by atoms with Gasteiger partial charge in [0.05, 0.1) is 0 Å². The van der Waals surface area contributed by atoms with Gasteiger partial charge in [-0.25, -0.2) is 4.39 Å². The Bertz CT molecular complexity index is 401. The summed E-state index contributed by atoms with van der Waals surface area (Å²) in [5.74, 6) is 0.431. The molecule has 0 fully saturated rings. The van der Waals surface area contributed by atoms with Crippen LogP contribution in [0, 0.1) is 0 Å². The summed E-state index contributed by atoms with van der Waals surface area (Å²) in [5.41, 5.74) is 1.15. The van der Waals surface area contributed by atoms with E-state index in [1.807, 2.05) is 30.3 Å². The summed E-state index contributed by atoms with van der Waals surface area (Å²) in [6, 6.07) is 9.88. The molecule has 1 atom stereocenters. The molecule has 0 aliphatic heterocycles. The molecule has 0 radical (unpaired) electrons. The number of aryl methyl sites for hydroxylation is 1. The maximum atomic E-state index is 13.5. The number of alkyl halides is 1. The summed E-state index contributed by atoms with van der Waals surface area (Å²) < 4.78 is 13.5. The zero-order chi connectivity index (χ0) is 11.2. The fraction of sp³-hybridized carbons (Fsp3) is 0.364. The molecular formula is C11H13FN4. The van der Waals surface area contributed by atoms with Gasteiger partial charge in [0.1, 0.15) is 6.17 Å². The van der Waals surface area contributed by atoms with Crippen molar-refractivity contribution in [3.63, 3.8) is 0 Å². The number of aromatic nitrogens is 4. The largest absolute Gasteiger partial charge is 0.247 e. The van der Waals surface area contributed by atoms with E-state index in [2.05, 4.69) is 20.6 Å². The molecule has 0 bridgehead atoms. The van der Waals surface area contributed by atoms with Crippen LogP contribution >= 0.6 is 0 Å². The van der Waals surface area contributed by atoms with E-state index in [1.54, 1.807) is 0 Å². The van der Waals surface area contributed by atoms with E-state index in [1.165, 1.54) is 0 Å². The van der Waals surface area contributed by atoms with Crippen molar-refractivity contribution in [1.82, 2.24) is 20.6 Å². The predicted octanol–water partition coefficient (Wildman–Crippen LogP) is 1.71. The molecule has 2 rings (SSSR count). The first-order valence-corrected chi connectivity index (χ1v) is 5.25. The molecule has 4 nitrogen and oxygen atoms in total. The minimum Gasteiger partial charge on any atom is -0.247 e. The van der Waals surface area contributed by atoms with Gasteiger partial charge in [0.15, 0.2) is 5.82 Å². The standard InChI is InChI=1S/C11H13FN4/c12-10(8-11-13-15-16-14-11)7-6-9-4-2-1-3-5-9/h1-5,10H,6-8H2,(H,13,14,15,16). The summed E-state index contributed by atoms with van der Waals surface area (Å²) in [6.45, 7) is 0. The third-order valence-electron chi connectivity index (χ3n) is 2.38. The molecule has 16 heavy (non-hydrogen) atoms. The lowest BCUT2D eigenvalue weighted by molar-refractivity contribution is 0.308. The third-order valence-corrected chi connectivity index (χ3v) is 2.38. The molecule has 0 amide bonds. The fourth-order valence-electron chi connectivity index (χ4n) is 1.54. The molecule has 0 aliphatic carbocycles. The van der Waals surface area contributed by atoms with E-state index in [4.69, 9.17) is 0 Å². The number of nitrogens with one attached hydrogen (secondary N) is 1. The molecule has 2 aromatic rings. The number of nitrogens with zero attached hydrogens (tertiary/aromatic N) is 3. The molecule has 1 heterocycles. The van der Waals surface area contributed by atoms with Gasteiger partial charge < -0.3 is 0 Å². The normalized spacial score (nSPS) is 12.6. The van der Waals surface area contributed by atoms with Crippen LogP contribution in [0.1, 0.15) is 17.8 Å². The molecule has 1 aromatic carbocycles. The Balaban J connectivity index is 1.78. The van der Waals surface area contributed by atoms with Crippen molar-refractivity contribution in [2.45, 2.75) is 25.4 Å². The number of hydrogen-bond donors (Lipinski definition) is 1. The van der Waals surface area contributed by atoms with Crippen LogP contribution in [0.4, 0.5) is 4.39 Å². The fourth-order valence-corrected chi connectivity index (χ4v) is 1.54. The number of hydrogen-bond acceptors (Lipinski definition) is 3. The van der Waals surface area contributed by atoms with Crippen molar-refractivity contribution >= 4 is 0 Å². The van der Waals surface area contributed by atoms with Gasteiger partial charge in [-0.1, -0.05) is 35.5 Å². The van der Waals surface area contributed by atoms with E-state index < -0.39 is 6.17 Å². The molecule has 0 saturated heterocycles. The Morgan fingerprint density at radius 2 is 2.06 bits per heavy atom. The molecular weight excluding hydrogens is 207 g/mol. The van der Waals surface area contributed by atoms with Gasteiger partial charge in [0, 0.05) is 6.42 Å². The van der Waals surface area contributed by atoms with Crippen molar-refractivity contribution in [1.29, 1.82) is 0 Å². The van der Waals surface area contributed by atoms with Gasteiger partial charge in [0.2, 0.25) is 0 Å². The summed E-state index contributed by atoms with van der Waals surface area (Å²) >= 11 is 0. The Kier molecular flexibility index (Phi) is 3.58. The van der Waals surface area contributed by atoms with Crippen LogP contribution in [0.3, 0.4) is 0 Å². The predicted molar refractivity (Wildman–Crippen MR) is 57.5 cm³/mol. The van der Waals surface area contributed by atoms with Gasteiger partial charge >= 0.3 is 0 Å². The zero-order valence-electron chi connectivity index (χ0n) is 8.81. The number of halogens is 1. The zero-order valence-corrected chi connectivity index (χ0v) is 8.81. The topological polar surface area (TPSA) is 54.5 Å². The Labute approximate surface area is 92.9 Å². The quantitative estimate of drug-likeness (QED) is 0.834. The maximum Gasteiger partial charge on any atom is 0.177 e. The lowest BCUT2D eigenvalue weighted by atomic mass is 10.1. The first kappa shape index (κ1) is 10.7. The van der Waals surface area contributed by atoms with Crippen LogP contribution in [0.25, 0.3) is 0 Å². The lowest BCUT2D eigenvalue weighted by Crippen LogP contribution is -2.07. The van der Waals surface area contributed by atoms with Crippen molar-refractivity contribution in [3.05, 3.63) is 41.7 Å². The smallest absolute Gasteiger partial charge is 0.177 e. The van der Waals surface area contributed by atoms with Crippen LogP contribution in [0.15, 0.2) is 30.3 Å². The molecule has 1 N–H and O–H groups in total. The minimum absolute atomic E-state index is 0.226. The summed E-state index contributed by atoms with van der Waals surface area (Å²) in [4.78, 5) is 0. The monoisotopic (exact) mass is 220 g/mol. The second-order valence-corrected chi connectivity index (χ2v) is 3.65. The number of H-pyrrole nitrogens is 1. The highest BCUT2D eigenvalue weighted by atomic mass is 19.1. The van der Waals surface area contributed by atoms with Crippen LogP contribution in [-0.2, 0) is 12.8 Å². The molecule has 0 spiro atoms. The molecule has 1 aromatic heterocycles. The first-order valence-electron chi connectivity index (χ1n) is 5.25. The SMILES string of the molecule is FC(CCc1ccccc1)Cc1nn[nH]n1. The molecule has 0 saturated carbocycles. The van der Waals surface area contributed by atoms with Crippen LogP contribution in [0.5, 0.6) is 0 Å². The third kappa shape index (κ3) is 3.12. The second-order valence-electron chi connectivity index (χ2n) is 3.65. The van der Waals surface area contributed by atoms with Crippen LogP contribution < -0.4 is 0 Å². The summed E-state index contributed by atoms with van der Waals surface area (Å²) in [5, 5.41) is 13.2. The van der Waals surface area contributed by atoms with Crippen molar-refractivity contribution in [2.75, 3.05) is 0 Å². The van der Waals surface area contributed by atoms with Crippen molar-refractivity contribution in [2.24, 2.45) is 0 Å². The second kappa shape index (κ2) is 5.34. The van der Waals surface area contributed by atoms with Gasteiger partial charge in [-0.3, -0.25) is 0 Å². The molecule has 1 unspecified atom stereocenters. The lowest BCUT2D eigenvalue weighted by Gasteiger charge is -2.05. The molecule has 0 aliphatic rings. The Morgan fingerprint density at radius 3 is 2.75 bits per heavy atom. The van der Waals surface area contributed by atoms with Gasteiger partial charge in [-0.15, -0.1) is 10.2 Å². The first-order chi connectivity index (χ1) is 7.84. The Hall–Kier alpha value is -1.78. The van der Waals surface area contributed by atoms with E-state index in [-0.39, 0.29) is 6.42 Å². The summed E-state index contributed by atoms with van der Waals surface area (Å²) in [7, 11) is 0. The van der Waals surface area contributed by atoms with E-state index in [0.717, 1.165) is 12.0 Å². The highest BCUT2D eigenvalue weighted by molar-refractivity contribution is 5.14. The molecule has 5 heteroatoms. The van der Waals surface area contributed by atoms with Gasteiger partial charge in [0.25, 0.3) is 0 Å². The number of benzene rings is 1. The van der Waals surface area contributed by atoms with Crippen molar-refractivity contribution in [3.8, 4) is 0 Å². The number of aromatic amines is 1. The maximum absolute atomic E-state index is 13.5. The highest BCUT2D eigenvalue weighted by Gasteiger charge is 2.10. The van der Waals surface area contributed by atoms with Gasteiger partial charge in [-0.05, 0) is 18.4 Å². The minimum atomic E-state index is -0.919.